The SMILES string of the molecule is CC(C)CC1NCN(CCN(C)C(C)C)C1=O. The molecule has 1 amide bonds. The molecular weight excluding hydrogens is 214 g/mol. The van der Waals surface area contributed by atoms with Gasteiger partial charge in [-0.15, -0.1) is 0 Å². The molecule has 0 saturated carbocycles. The Bertz CT molecular complexity index is 253. The highest BCUT2D eigenvalue weighted by atomic mass is 16.2. The third kappa shape index (κ3) is 4.28. The Morgan fingerprint density at radius 3 is 2.59 bits per heavy atom. The molecule has 0 aromatic carbocycles. The fourth-order valence-corrected chi connectivity index (χ4v) is 1.99. The predicted octanol–water partition coefficient (Wildman–Crippen LogP) is 1.13. The molecule has 0 aromatic heterocycles. The largest absolute Gasteiger partial charge is 0.327 e. The van der Waals surface area contributed by atoms with Crippen LogP contribution in [0, 0.1) is 5.92 Å². The van der Waals surface area contributed by atoms with Crippen LogP contribution in [-0.2, 0) is 4.79 Å². The van der Waals surface area contributed by atoms with E-state index in [2.05, 4.69) is 45.0 Å². The molecule has 1 atom stereocenters. The molecule has 0 spiro atoms. The Morgan fingerprint density at radius 1 is 1.41 bits per heavy atom. The zero-order chi connectivity index (χ0) is 13.0. The van der Waals surface area contributed by atoms with Crippen molar-refractivity contribution in [2.24, 2.45) is 5.92 Å². The Hall–Kier alpha value is -0.610. The van der Waals surface area contributed by atoms with Crippen LogP contribution in [0.5, 0.6) is 0 Å². The fourth-order valence-electron chi connectivity index (χ4n) is 1.99. The van der Waals surface area contributed by atoms with Crippen molar-refractivity contribution in [3.05, 3.63) is 0 Å². The van der Waals surface area contributed by atoms with Crippen LogP contribution >= 0.6 is 0 Å². The van der Waals surface area contributed by atoms with E-state index in [4.69, 9.17) is 0 Å². The molecule has 17 heavy (non-hydrogen) atoms. The summed E-state index contributed by atoms with van der Waals surface area (Å²) in [6, 6.07) is 0.575. The van der Waals surface area contributed by atoms with Crippen molar-refractivity contribution < 1.29 is 4.79 Å². The molecule has 1 saturated heterocycles. The van der Waals surface area contributed by atoms with Gasteiger partial charge >= 0.3 is 0 Å². The van der Waals surface area contributed by atoms with E-state index < -0.39 is 0 Å². The lowest BCUT2D eigenvalue weighted by atomic mass is 10.0. The summed E-state index contributed by atoms with van der Waals surface area (Å²) in [6.45, 7) is 11.1. The number of hydrogen-bond acceptors (Lipinski definition) is 3. The average Bonchev–Trinajstić information content (AvgIpc) is 2.56. The zero-order valence-corrected chi connectivity index (χ0v) is 11.9. The topological polar surface area (TPSA) is 35.6 Å². The van der Waals surface area contributed by atoms with Crippen molar-refractivity contribution in [3.8, 4) is 0 Å². The first-order valence-corrected chi connectivity index (χ1v) is 6.64. The molecule has 1 aliphatic heterocycles. The molecule has 1 fully saturated rings. The summed E-state index contributed by atoms with van der Waals surface area (Å²) in [5, 5.41) is 3.30. The van der Waals surface area contributed by atoms with E-state index >= 15 is 0 Å². The Labute approximate surface area is 105 Å². The number of rotatable bonds is 6. The quantitative estimate of drug-likeness (QED) is 0.757. The van der Waals surface area contributed by atoms with Gasteiger partial charge in [0.2, 0.25) is 5.91 Å². The number of carbonyl (C=O) groups is 1. The van der Waals surface area contributed by atoms with Gasteiger partial charge in [0.15, 0.2) is 0 Å². The minimum atomic E-state index is 0.0411. The molecule has 0 bridgehead atoms. The summed E-state index contributed by atoms with van der Waals surface area (Å²) in [4.78, 5) is 16.3. The standard InChI is InChI=1S/C13H27N3O/c1-10(2)8-12-13(17)16(9-14-12)7-6-15(5)11(3)4/h10-12,14H,6-9H2,1-5H3. The molecule has 1 N–H and O–H groups in total. The van der Waals surface area contributed by atoms with Crippen LogP contribution in [-0.4, -0.2) is 54.6 Å². The molecule has 1 unspecified atom stereocenters. The zero-order valence-electron chi connectivity index (χ0n) is 11.9. The van der Waals surface area contributed by atoms with Crippen molar-refractivity contribution in [1.82, 2.24) is 15.1 Å². The minimum absolute atomic E-state index is 0.0411. The van der Waals surface area contributed by atoms with Crippen LogP contribution in [0.3, 0.4) is 0 Å². The lowest BCUT2D eigenvalue weighted by Gasteiger charge is -2.24. The van der Waals surface area contributed by atoms with Gasteiger partial charge in [0, 0.05) is 19.1 Å². The summed E-state index contributed by atoms with van der Waals surface area (Å²) in [7, 11) is 2.10. The lowest BCUT2D eigenvalue weighted by Crippen LogP contribution is -2.38. The van der Waals surface area contributed by atoms with Gasteiger partial charge in [-0.2, -0.15) is 0 Å². The average molecular weight is 241 g/mol. The van der Waals surface area contributed by atoms with E-state index in [9.17, 15) is 4.79 Å². The normalized spacial score (nSPS) is 21.3. The molecular formula is C13H27N3O. The first kappa shape index (κ1) is 14.5. The van der Waals surface area contributed by atoms with Crippen LogP contribution in [0.25, 0.3) is 0 Å². The summed E-state index contributed by atoms with van der Waals surface area (Å²) in [5.41, 5.74) is 0. The minimum Gasteiger partial charge on any atom is -0.327 e. The predicted molar refractivity (Wildman–Crippen MR) is 70.7 cm³/mol. The smallest absolute Gasteiger partial charge is 0.240 e. The summed E-state index contributed by atoms with van der Waals surface area (Å²) in [6.07, 6.45) is 0.940. The van der Waals surface area contributed by atoms with Crippen LogP contribution in [0.4, 0.5) is 0 Å². The maximum Gasteiger partial charge on any atom is 0.240 e. The van der Waals surface area contributed by atoms with E-state index in [1.54, 1.807) is 0 Å². The molecule has 0 aromatic rings. The summed E-state index contributed by atoms with van der Waals surface area (Å²) in [5.74, 6) is 0.839. The third-order valence-electron chi connectivity index (χ3n) is 3.45. The molecule has 4 heteroatoms. The molecule has 4 nitrogen and oxygen atoms in total. The van der Waals surface area contributed by atoms with Crippen molar-refractivity contribution in [3.63, 3.8) is 0 Å². The highest BCUT2D eigenvalue weighted by Crippen LogP contribution is 2.12. The van der Waals surface area contributed by atoms with Crippen LogP contribution in [0.15, 0.2) is 0 Å². The fraction of sp³-hybridized carbons (Fsp3) is 0.923. The first-order valence-electron chi connectivity index (χ1n) is 6.64. The van der Waals surface area contributed by atoms with E-state index in [1.165, 1.54) is 0 Å². The maximum absolute atomic E-state index is 12.1. The number of nitrogens with one attached hydrogen (secondary N) is 1. The molecule has 100 valence electrons. The van der Waals surface area contributed by atoms with E-state index in [1.807, 2.05) is 4.90 Å². The Morgan fingerprint density at radius 2 is 2.06 bits per heavy atom. The highest BCUT2D eigenvalue weighted by molar-refractivity contribution is 5.83. The van der Waals surface area contributed by atoms with Gasteiger partial charge in [0.05, 0.1) is 12.7 Å². The van der Waals surface area contributed by atoms with Gasteiger partial charge in [0.25, 0.3) is 0 Å². The number of nitrogens with zero attached hydrogens (tertiary/aromatic N) is 2. The number of likely N-dealkylation sites (N-methyl/N-ethyl adjacent to an activating group) is 1. The molecule has 1 heterocycles. The maximum atomic E-state index is 12.1. The van der Waals surface area contributed by atoms with Gasteiger partial charge < -0.3 is 9.80 Å². The van der Waals surface area contributed by atoms with E-state index in [-0.39, 0.29) is 11.9 Å². The Kier molecular flexibility index (Phi) is 5.40. The van der Waals surface area contributed by atoms with Gasteiger partial charge in [-0.1, -0.05) is 13.8 Å². The summed E-state index contributed by atoms with van der Waals surface area (Å²) >= 11 is 0. The number of carbonyl (C=O) groups excluding carboxylic acids is 1. The summed E-state index contributed by atoms with van der Waals surface area (Å²) < 4.78 is 0. The van der Waals surface area contributed by atoms with Crippen molar-refractivity contribution in [1.29, 1.82) is 0 Å². The van der Waals surface area contributed by atoms with Crippen molar-refractivity contribution in [2.75, 3.05) is 26.8 Å². The number of amides is 1. The monoisotopic (exact) mass is 241 g/mol. The first-order chi connectivity index (χ1) is 7.91. The Balaban J connectivity index is 2.35. The molecule has 1 rings (SSSR count). The van der Waals surface area contributed by atoms with Gasteiger partial charge in [-0.05, 0) is 33.2 Å². The second-order valence-electron chi connectivity index (χ2n) is 5.72. The van der Waals surface area contributed by atoms with Crippen molar-refractivity contribution in [2.45, 2.75) is 46.2 Å². The highest BCUT2D eigenvalue weighted by Gasteiger charge is 2.30. The van der Waals surface area contributed by atoms with Crippen LogP contribution in [0.1, 0.15) is 34.1 Å². The van der Waals surface area contributed by atoms with Gasteiger partial charge in [-0.25, -0.2) is 0 Å². The second kappa shape index (κ2) is 6.36. The molecule has 0 aliphatic carbocycles. The second-order valence-corrected chi connectivity index (χ2v) is 5.72. The van der Waals surface area contributed by atoms with E-state index in [0.29, 0.717) is 18.6 Å². The number of hydrogen-bond donors (Lipinski definition) is 1. The van der Waals surface area contributed by atoms with Crippen LogP contribution in [0.2, 0.25) is 0 Å². The van der Waals surface area contributed by atoms with Crippen molar-refractivity contribution >= 4 is 5.91 Å². The van der Waals surface area contributed by atoms with Crippen LogP contribution < -0.4 is 5.32 Å². The van der Waals surface area contributed by atoms with Gasteiger partial charge in [0.1, 0.15) is 0 Å². The third-order valence-corrected chi connectivity index (χ3v) is 3.45. The van der Waals surface area contributed by atoms with E-state index in [0.717, 1.165) is 19.5 Å². The lowest BCUT2D eigenvalue weighted by molar-refractivity contribution is -0.129. The van der Waals surface area contributed by atoms with Gasteiger partial charge in [-0.3, -0.25) is 10.1 Å². The molecule has 0 radical (unpaired) electrons. The molecule has 1 aliphatic rings.